The molecule has 5 heterocycles. The SMILES string of the molecule is CCC(CN(C)Cc1c(C)sc2c(-c3cnc(OC)c(NS(C)(=O)=O)c3)nc(N3CCOCC3)nc12)N1CCCC1. The molecule has 3 aromatic heterocycles. The molecule has 2 aliphatic rings. The van der Waals surface area contributed by atoms with Gasteiger partial charge in [-0.2, -0.15) is 0 Å². The Morgan fingerprint density at radius 2 is 1.93 bits per heavy atom. The maximum absolute atomic E-state index is 12.1. The van der Waals surface area contributed by atoms with Crippen LogP contribution in [-0.4, -0.2) is 106 Å². The summed E-state index contributed by atoms with van der Waals surface area (Å²) in [5.74, 6) is 0.848. The predicted molar refractivity (Wildman–Crippen MR) is 165 cm³/mol. The molecule has 11 nitrogen and oxygen atoms in total. The van der Waals surface area contributed by atoms with Gasteiger partial charge >= 0.3 is 0 Å². The lowest BCUT2D eigenvalue weighted by molar-refractivity contribution is 0.122. The van der Waals surface area contributed by atoms with E-state index in [1.165, 1.54) is 43.5 Å². The largest absolute Gasteiger partial charge is 0.480 e. The van der Waals surface area contributed by atoms with Crippen molar-refractivity contribution < 1.29 is 17.9 Å². The Hall–Kier alpha value is -2.58. The number of ether oxygens (including phenoxy) is 2. The molecule has 0 amide bonds. The molecule has 0 radical (unpaired) electrons. The van der Waals surface area contributed by atoms with Crippen LogP contribution in [-0.2, 0) is 21.3 Å². The molecule has 1 N–H and O–H groups in total. The number of pyridine rings is 1. The summed E-state index contributed by atoms with van der Waals surface area (Å²) in [6.45, 7) is 11.3. The summed E-state index contributed by atoms with van der Waals surface area (Å²) in [6.07, 6.45) is 6.51. The van der Waals surface area contributed by atoms with E-state index in [1.54, 1.807) is 23.6 Å². The number of anilines is 2. The lowest BCUT2D eigenvalue weighted by Gasteiger charge is -2.30. The Morgan fingerprint density at radius 1 is 1.20 bits per heavy atom. The van der Waals surface area contributed by atoms with Gasteiger partial charge < -0.3 is 19.3 Å². The van der Waals surface area contributed by atoms with Crippen molar-refractivity contribution in [1.82, 2.24) is 24.8 Å². The van der Waals surface area contributed by atoms with Crippen LogP contribution in [0, 0.1) is 6.92 Å². The van der Waals surface area contributed by atoms with Gasteiger partial charge in [0.05, 0.1) is 42.5 Å². The van der Waals surface area contributed by atoms with Crippen LogP contribution in [0.2, 0.25) is 0 Å². The minimum Gasteiger partial charge on any atom is -0.480 e. The fourth-order valence-electron chi connectivity index (χ4n) is 5.73. The average Bonchev–Trinajstić information content (AvgIpc) is 3.59. The molecule has 1 atom stereocenters. The highest BCUT2D eigenvalue weighted by atomic mass is 32.2. The summed E-state index contributed by atoms with van der Waals surface area (Å²) in [6, 6.07) is 2.29. The van der Waals surface area contributed by atoms with E-state index in [4.69, 9.17) is 19.4 Å². The maximum Gasteiger partial charge on any atom is 0.238 e. The van der Waals surface area contributed by atoms with E-state index in [2.05, 4.69) is 45.3 Å². The van der Waals surface area contributed by atoms with Crippen LogP contribution in [0.5, 0.6) is 5.88 Å². The van der Waals surface area contributed by atoms with Crippen molar-refractivity contribution in [3.8, 4) is 17.1 Å². The summed E-state index contributed by atoms with van der Waals surface area (Å²) in [5.41, 5.74) is 3.84. The van der Waals surface area contributed by atoms with Gasteiger partial charge in [0.1, 0.15) is 5.69 Å². The number of hydrogen-bond acceptors (Lipinski definition) is 11. The third-order valence-electron chi connectivity index (χ3n) is 7.81. The van der Waals surface area contributed by atoms with Gasteiger partial charge in [0, 0.05) is 54.4 Å². The number of hydrogen-bond donors (Lipinski definition) is 1. The Morgan fingerprint density at radius 3 is 2.59 bits per heavy atom. The van der Waals surface area contributed by atoms with E-state index in [0.29, 0.717) is 43.9 Å². The fraction of sp³-hybridized carbons (Fsp3) is 0.607. The number of nitrogens with one attached hydrogen (secondary N) is 1. The molecule has 1 unspecified atom stereocenters. The van der Waals surface area contributed by atoms with Crippen molar-refractivity contribution in [3.63, 3.8) is 0 Å². The molecule has 224 valence electrons. The maximum atomic E-state index is 12.1. The van der Waals surface area contributed by atoms with Gasteiger partial charge in [-0.3, -0.25) is 9.62 Å². The number of morpholine rings is 1. The van der Waals surface area contributed by atoms with E-state index < -0.39 is 10.0 Å². The minimum absolute atomic E-state index is 0.200. The molecule has 2 aliphatic heterocycles. The highest BCUT2D eigenvalue weighted by molar-refractivity contribution is 7.92. The topological polar surface area (TPSA) is 113 Å². The van der Waals surface area contributed by atoms with E-state index in [0.717, 1.165) is 41.7 Å². The molecule has 2 fully saturated rings. The van der Waals surface area contributed by atoms with Gasteiger partial charge in [-0.15, -0.1) is 11.3 Å². The van der Waals surface area contributed by atoms with Crippen molar-refractivity contribution in [1.29, 1.82) is 0 Å². The second kappa shape index (κ2) is 12.7. The highest BCUT2D eigenvalue weighted by Crippen LogP contribution is 2.39. The van der Waals surface area contributed by atoms with Gasteiger partial charge in [-0.05, 0) is 52.4 Å². The first kappa shape index (κ1) is 29.9. The molecular formula is C28H41N7O4S2. The first-order valence-electron chi connectivity index (χ1n) is 14.2. The molecule has 3 aromatic rings. The Kier molecular flexibility index (Phi) is 9.29. The third-order valence-corrected chi connectivity index (χ3v) is 9.54. The number of likely N-dealkylation sites (tertiary alicyclic amines) is 1. The second-order valence-corrected chi connectivity index (χ2v) is 13.9. The monoisotopic (exact) mass is 603 g/mol. The minimum atomic E-state index is -3.54. The van der Waals surface area contributed by atoms with Gasteiger partial charge in [-0.25, -0.2) is 23.4 Å². The molecule has 41 heavy (non-hydrogen) atoms. The van der Waals surface area contributed by atoms with Crippen molar-refractivity contribution in [2.45, 2.75) is 45.7 Å². The van der Waals surface area contributed by atoms with Gasteiger partial charge in [0.25, 0.3) is 0 Å². The van der Waals surface area contributed by atoms with Gasteiger partial charge in [0.15, 0.2) is 0 Å². The molecule has 0 spiro atoms. The zero-order valence-electron chi connectivity index (χ0n) is 24.6. The van der Waals surface area contributed by atoms with Crippen LogP contribution in [0.25, 0.3) is 21.5 Å². The van der Waals surface area contributed by atoms with Crippen LogP contribution < -0.4 is 14.4 Å². The van der Waals surface area contributed by atoms with E-state index in [-0.39, 0.29) is 11.6 Å². The quantitative estimate of drug-likeness (QED) is 0.349. The molecule has 0 aromatic carbocycles. The zero-order valence-corrected chi connectivity index (χ0v) is 26.3. The first-order chi connectivity index (χ1) is 19.7. The first-order valence-corrected chi connectivity index (χ1v) is 16.9. The highest BCUT2D eigenvalue weighted by Gasteiger charge is 2.25. The average molecular weight is 604 g/mol. The molecule has 13 heteroatoms. The van der Waals surface area contributed by atoms with E-state index in [1.807, 2.05) is 0 Å². The van der Waals surface area contributed by atoms with Crippen molar-refractivity contribution in [2.24, 2.45) is 0 Å². The smallest absolute Gasteiger partial charge is 0.238 e. The number of aryl methyl sites for hydroxylation is 1. The lowest BCUT2D eigenvalue weighted by atomic mass is 10.1. The van der Waals surface area contributed by atoms with Crippen molar-refractivity contribution >= 4 is 43.2 Å². The molecule has 0 bridgehead atoms. The van der Waals surface area contributed by atoms with Gasteiger partial charge in [0.2, 0.25) is 21.9 Å². The second-order valence-electron chi connectivity index (χ2n) is 10.9. The Balaban J connectivity index is 1.56. The molecule has 0 aliphatic carbocycles. The summed E-state index contributed by atoms with van der Waals surface area (Å²) in [7, 11) is 0.121. The van der Waals surface area contributed by atoms with Gasteiger partial charge in [-0.1, -0.05) is 6.92 Å². The number of rotatable bonds is 11. The summed E-state index contributed by atoms with van der Waals surface area (Å²) in [5, 5.41) is 0. The third kappa shape index (κ3) is 6.91. The fourth-order valence-corrected chi connectivity index (χ4v) is 7.39. The summed E-state index contributed by atoms with van der Waals surface area (Å²) in [4.78, 5) is 23.0. The number of likely N-dealkylation sites (N-methyl/N-ethyl adjacent to an activating group) is 1. The number of aromatic nitrogens is 3. The summed E-state index contributed by atoms with van der Waals surface area (Å²) >= 11 is 1.67. The van der Waals surface area contributed by atoms with Crippen LogP contribution in [0.1, 0.15) is 36.6 Å². The predicted octanol–water partition coefficient (Wildman–Crippen LogP) is 3.58. The van der Waals surface area contributed by atoms with Crippen molar-refractivity contribution in [2.75, 3.05) is 76.0 Å². The number of methoxy groups -OCH3 is 1. The van der Waals surface area contributed by atoms with Crippen molar-refractivity contribution in [3.05, 3.63) is 22.7 Å². The van der Waals surface area contributed by atoms with Crippen LogP contribution in [0.3, 0.4) is 0 Å². The number of nitrogens with zero attached hydrogens (tertiary/aromatic N) is 6. The number of fused-ring (bicyclic) bond motifs is 1. The van der Waals surface area contributed by atoms with E-state index in [9.17, 15) is 8.42 Å². The summed E-state index contributed by atoms with van der Waals surface area (Å²) < 4.78 is 38.6. The molecule has 5 rings (SSSR count). The standard InChI is InChI=1S/C28H41N7O4S2/c1-6-21(34-9-7-8-10-34)17-33(3)18-22-19(2)40-26-24(30-28(31-25(22)26)35-11-13-39-14-12-35)20-15-23(32-41(5,36)37)27(38-4)29-16-20/h15-16,21,32H,6-14,17-18H2,1-5H3. The molecule has 0 saturated carbocycles. The molecular weight excluding hydrogens is 562 g/mol. The normalized spacial score (nSPS) is 17.5. The lowest BCUT2D eigenvalue weighted by Crippen LogP contribution is -2.40. The number of thiophene rings is 1. The Bertz CT molecular complexity index is 1470. The number of sulfonamides is 1. The van der Waals surface area contributed by atoms with E-state index >= 15 is 0 Å². The molecule has 2 saturated heterocycles. The Labute approximate surface area is 246 Å². The van der Waals surface area contributed by atoms with Crippen LogP contribution in [0.15, 0.2) is 12.3 Å². The van der Waals surface area contributed by atoms with Crippen LogP contribution in [0.4, 0.5) is 11.6 Å². The van der Waals surface area contributed by atoms with Crippen LogP contribution >= 0.6 is 11.3 Å². The zero-order chi connectivity index (χ0) is 29.1.